The lowest BCUT2D eigenvalue weighted by molar-refractivity contribution is 0.0155. The third-order valence-corrected chi connectivity index (χ3v) is 3.74. The molecular weight excluding hydrogens is 250 g/mol. The molecule has 0 aliphatic heterocycles. The van der Waals surface area contributed by atoms with Gasteiger partial charge in [-0.2, -0.15) is 0 Å². The lowest BCUT2D eigenvalue weighted by atomic mass is 9.89. The Hall–Kier alpha value is -1.22. The fraction of sp³-hybridized carbons (Fsp3) is 0.500. The van der Waals surface area contributed by atoms with Gasteiger partial charge in [0.05, 0.1) is 16.3 Å². The summed E-state index contributed by atoms with van der Waals surface area (Å²) in [6, 6.07) is 4.83. The Morgan fingerprint density at radius 3 is 2.89 bits per heavy atom. The van der Waals surface area contributed by atoms with Crippen LogP contribution in [0, 0.1) is 5.92 Å². The summed E-state index contributed by atoms with van der Waals surface area (Å²) in [4.78, 5) is 12.0. The van der Waals surface area contributed by atoms with E-state index in [-0.39, 0.29) is 12.1 Å². The molecule has 0 amide bonds. The van der Waals surface area contributed by atoms with Crippen molar-refractivity contribution in [3.63, 3.8) is 0 Å². The fourth-order valence-corrected chi connectivity index (χ4v) is 2.49. The van der Waals surface area contributed by atoms with Gasteiger partial charge in [-0.1, -0.05) is 24.9 Å². The molecule has 1 aliphatic rings. The van der Waals surface area contributed by atoms with E-state index in [1.807, 2.05) is 0 Å². The monoisotopic (exact) mass is 267 g/mol. The summed E-state index contributed by atoms with van der Waals surface area (Å²) in [5.74, 6) is 0.323. The van der Waals surface area contributed by atoms with Crippen LogP contribution in [0.25, 0.3) is 0 Å². The molecule has 0 bridgehead atoms. The van der Waals surface area contributed by atoms with Crippen LogP contribution in [0.4, 0.5) is 5.69 Å². The molecule has 1 aliphatic carbocycles. The van der Waals surface area contributed by atoms with Crippen molar-refractivity contribution in [1.82, 2.24) is 0 Å². The van der Waals surface area contributed by atoms with Crippen molar-refractivity contribution in [3.8, 4) is 0 Å². The number of hydrogen-bond acceptors (Lipinski definition) is 3. The maximum absolute atomic E-state index is 12.0. The molecule has 1 aromatic rings. The van der Waals surface area contributed by atoms with Gasteiger partial charge < -0.3 is 10.5 Å². The van der Waals surface area contributed by atoms with E-state index in [1.165, 1.54) is 6.42 Å². The molecule has 3 nitrogen and oxygen atoms in total. The molecule has 2 unspecified atom stereocenters. The molecule has 0 saturated heterocycles. The van der Waals surface area contributed by atoms with E-state index >= 15 is 0 Å². The Kier molecular flexibility index (Phi) is 4.12. The van der Waals surface area contributed by atoms with Crippen LogP contribution < -0.4 is 5.73 Å². The summed E-state index contributed by atoms with van der Waals surface area (Å²) in [6.07, 6.45) is 4.30. The Morgan fingerprint density at radius 1 is 1.44 bits per heavy atom. The summed E-state index contributed by atoms with van der Waals surface area (Å²) in [5.41, 5.74) is 6.55. The van der Waals surface area contributed by atoms with Crippen LogP contribution >= 0.6 is 11.6 Å². The molecule has 18 heavy (non-hydrogen) atoms. The molecule has 2 atom stereocenters. The van der Waals surface area contributed by atoms with Gasteiger partial charge in [-0.25, -0.2) is 4.79 Å². The van der Waals surface area contributed by atoms with Crippen molar-refractivity contribution < 1.29 is 9.53 Å². The van der Waals surface area contributed by atoms with Crippen LogP contribution in [0.1, 0.15) is 43.0 Å². The van der Waals surface area contributed by atoms with E-state index < -0.39 is 0 Å². The molecule has 0 radical (unpaired) electrons. The van der Waals surface area contributed by atoms with E-state index in [4.69, 9.17) is 22.1 Å². The number of rotatable bonds is 2. The van der Waals surface area contributed by atoms with Gasteiger partial charge in [0, 0.05) is 0 Å². The fourth-order valence-electron chi connectivity index (χ4n) is 2.38. The number of carbonyl (C=O) groups excluding carboxylic acids is 1. The molecule has 4 heteroatoms. The van der Waals surface area contributed by atoms with Gasteiger partial charge in [0.2, 0.25) is 0 Å². The molecule has 0 heterocycles. The van der Waals surface area contributed by atoms with Crippen LogP contribution in [0.3, 0.4) is 0 Å². The normalized spacial score (nSPS) is 23.7. The van der Waals surface area contributed by atoms with Gasteiger partial charge in [0.15, 0.2) is 0 Å². The maximum Gasteiger partial charge on any atom is 0.338 e. The van der Waals surface area contributed by atoms with Gasteiger partial charge >= 0.3 is 5.97 Å². The summed E-state index contributed by atoms with van der Waals surface area (Å²) in [5, 5.41) is 0.456. The molecule has 2 rings (SSSR count). The lowest BCUT2D eigenvalue weighted by Gasteiger charge is -2.26. The number of benzene rings is 1. The van der Waals surface area contributed by atoms with Gasteiger partial charge in [-0.3, -0.25) is 0 Å². The highest BCUT2D eigenvalue weighted by atomic mass is 35.5. The zero-order chi connectivity index (χ0) is 13.1. The predicted molar refractivity (Wildman–Crippen MR) is 72.7 cm³/mol. The quantitative estimate of drug-likeness (QED) is 0.657. The smallest absolute Gasteiger partial charge is 0.338 e. The van der Waals surface area contributed by atoms with Crippen molar-refractivity contribution >= 4 is 23.3 Å². The first-order valence-corrected chi connectivity index (χ1v) is 6.70. The zero-order valence-electron chi connectivity index (χ0n) is 10.5. The van der Waals surface area contributed by atoms with Crippen molar-refractivity contribution in [1.29, 1.82) is 0 Å². The minimum Gasteiger partial charge on any atom is -0.459 e. The molecule has 0 spiro atoms. The zero-order valence-corrected chi connectivity index (χ0v) is 11.2. The third-order valence-electron chi connectivity index (χ3n) is 3.39. The minimum absolute atomic E-state index is 0.0400. The van der Waals surface area contributed by atoms with E-state index in [2.05, 4.69) is 6.92 Å². The number of anilines is 1. The van der Waals surface area contributed by atoms with Gasteiger partial charge in [-0.15, -0.1) is 0 Å². The summed E-state index contributed by atoms with van der Waals surface area (Å²) in [6.45, 7) is 2.19. The Morgan fingerprint density at radius 2 is 2.22 bits per heavy atom. The Bertz CT molecular complexity index is 447. The lowest BCUT2D eigenvalue weighted by Crippen LogP contribution is -2.24. The first kappa shape index (κ1) is 13.2. The average Bonchev–Trinajstić information content (AvgIpc) is 2.32. The first-order valence-electron chi connectivity index (χ1n) is 6.32. The van der Waals surface area contributed by atoms with Gasteiger partial charge in [0.1, 0.15) is 6.10 Å². The number of halogens is 1. The molecule has 1 aromatic carbocycles. The van der Waals surface area contributed by atoms with E-state index in [9.17, 15) is 4.79 Å². The minimum atomic E-state index is -0.308. The van der Waals surface area contributed by atoms with E-state index in [0.717, 1.165) is 19.3 Å². The standard InChI is InChI=1S/C14H18ClNO2/c1-9-3-2-4-11(7-9)18-14(17)10-5-6-12(15)13(16)8-10/h5-6,8-9,11H,2-4,7,16H2,1H3. The molecule has 2 N–H and O–H groups in total. The van der Waals surface area contributed by atoms with Crippen LogP contribution in [-0.4, -0.2) is 12.1 Å². The first-order chi connectivity index (χ1) is 8.56. The molecular formula is C14H18ClNO2. The van der Waals surface area contributed by atoms with Crippen molar-refractivity contribution in [3.05, 3.63) is 28.8 Å². The number of nitrogens with two attached hydrogens (primary N) is 1. The van der Waals surface area contributed by atoms with Crippen LogP contribution in [-0.2, 0) is 4.74 Å². The topological polar surface area (TPSA) is 52.3 Å². The maximum atomic E-state index is 12.0. The van der Waals surface area contributed by atoms with Crippen LogP contribution in [0.15, 0.2) is 18.2 Å². The second kappa shape index (κ2) is 5.61. The van der Waals surface area contributed by atoms with E-state index in [1.54, 1.807) is 18.2 Å². The Labute approximate surface area is 112 Å². The van der Waals surface area contributed by atoms with Crippen molar-refractivity contribution in [2.75, 3.05) is 5.73 Å². The highest BCUT2D eigenvalue weighted by Crippen LogP contribution is 2.27. The second-order valence-corrected chi connectivity index (χ2v) is 5.44. The van der Waals surface area contributed by atoms with E-state index in [0.29, 0.717) is 22.2 Å². The molecule has 0 aromatic heterocycles. The SMILES string of the molecule is CC1CCCC(OC(=O)c2ccc(Cl)c(N)c2)C1. The molecule has 98 valence electrons. The van der Waals surface area contributed by atoms with Crippen LogP contribution in [0.2, 0.25) is 5.02 Å². The molecule has 1 fully saturated rings. The van der Waals surface area contributed by atoms with Crippen LogP contribution in [0.5, 0.6) is 0 Å². The largest absolute Gasteiger partial charge is 0.459 e. The number of ether oxygens (including phenoxy) is 1. The summed E-state index contributed by atoms with van der Waals surface area (Å²) >= 11 is 5.82. The average molecular weight is 268 g/mol. The summed E-state index contributed by atoms with van der Waals surface area (Å²) in [7, 11) is 0. The van der Waals surface area contributed by atoms with Crippen molar-refractivity contribution in [2.45, 2.75) is 38.7 Å². The molecule has 1 saturated carbocycles. The number of hydrogen-bond donors (Lipinski definition) is 1. The highest BCUT2D eigenvalue weighted by Gasteiger charge is 2.22. The Balaban J connectivity index is 2.00. The third kappa shape index (κ3) is 3.16. The van der Waals surface area contributed by atoms with Gasteiger partial charge in [0.25, 0.3) is 0 Å². The van der Waals surface area contributed by atoms with Gasteiger partial charge in [-0.05, 0) is 43.4 Å². The predicted octanol–water partition coefficient (Wildman–Crippen LogP) is 3.66. The second-order valence-electron chi connectivity index (χ2n) is 5.04. The van der Waals surface area contributed by atoms with Crippen molar-refractivity contribution in [2.24, 2.45) is 5.92 Å². The summed E-state index contributed by atoms with van der Waals surface area (Å²) < 4.78 is 5.51. The number of carbonyl (C=O) groups is 1. The number of nitrogen functional groups attached to an aromatic ring is 1. The number of esters is 1. The highest BCUT2D eigenvalue weighted by molar-refractivity contribution is 6.33.